The Balaban J connectivity index is 2.45. The molecule has 7 heteroatoms. The van der Waals surface area contributed by atoms with Crippen LogP contribution in [0.1, 0.15) is 38.5 Å². The molecule has 1 saturated heterocycles. The number of methoxy groups -OCH3 is 1. The van der Waals surface area contributed by atoms with E-state index in [1.807, 2.05) is 0 Å². The molecule has 0 saturated carbocycles. The van der Waals surface area contributed by atoms with Crippen LogP contribution in [0.25, 0.3) is 0 Å². The maximum absolute atomic E-state index is 12.4. The molecule has 0 spiro atoms. The van der Waals surface area contributed by atoms with Gasteiger partial charge in [-0.2, -0.15) is 0 Å². The quantitative estimate of drug-likeness (QED) is 0.674. The summed E-state index contributed by atoms with van der Waals surface area (Å²) in [7, 11) is 1.21. The second-order valence-electron chi connectivity index (χ2n) is 5.34. The number of carbonyl (C=O) groups excluding carboxylic acids is 3. The molecule has 6 nitrogen and oxygen atoms in total. The zero-order valence-electron chi connectivity index (χ0n) is 13.1. The first kappa shape index (κ1) is 17.8. The number of carbonyl (C=O) groups is 3. The molecule has 0 aliphatic carbocycles. The third kappa shape index (κ3) is 4.46. The Labute approximate surface area is 140 Å². The van der Waals surface area contributed by atoms with Crippen LogP contribution < -0.4 is 3.58 Å². The molecule has 1 aromatic carbocycles. The van der Waals surface area contributed by atoms with Gasteiger partial charge in [0.05, 0.1) is 0 Å². The van der Waals surface area contributed by atoms with Crippen molar-refractivity contribution in [2.75, 3.05) is 7.11 Å². The summed E-state index contributed by atoms with van der Waals surface area (Å²) in [5, 5.41) is 0. The van der Waals surface area contributed by atoms with Crippen molar-refractivity contribution in [3.63, 3.8) is 0 Å². The van der Waals surface area contributed by atoms with Gasteiger partial charge in [-0.15, -0.1) is 0 Å². The van der Waals surface area contributed by atoms with Gasteiger partial charge in [-0.05, 0) is 0 Å². The molecule has 2 rings (SSSR count). The third-order valence-electron chi connectivity index (χ3n) is 3.63. The average Bonchev–Trinajstić information content (AvgIpc) is 2.59. The van der Waals surface area contributed by atoms with Gasteiger partial charge in [0.1, 0.15) is 0 Å². The van der Waals surface area contributed by atoms with Crippen molar-refractivity contribution in [1.82, 2.24) is 0 Å². The molecule has 1 aliphatic rings. The van der Waals surface area contributed by atoms with Crippen LogP contribution in [-0.4, -0.2) is 42.2 Å². The molecule has 0 bridgehead atoms. The third-order valence-corrected chi connectivity index (χ3v) is 11.8. The summed E-state index contributed by atoms with van der Waals surface area (Å²) >= 11 is -4.94. The van der Waals surface area contributed by atoms with Crippen molar-refractivity contribution in [1.29, 1.82) is 0 Å². The van der Waals surface area contributed by atoms with Crippen molar-refractivity contribution in [2.24, 2.45) is 0 Å². The van der Waals surface area contributed by atoms with E-state index in [-0.39, 0.29) is 12.8 Å². The number of hydrogen-bond acceptors (Lipinski definition) is 6. The van der Waals surface area contributed by atoms with Gasteiger partial charge in [0, 0.05) is 0 Å². The summed E-state index contributed by atoms with van der Waals surface area (Å²) in [5.74, 6) is -1.02. The Bertz CT molecular complexity index is 549. The Hall–Kier alpha value is -1.57. The summed E-state index contributed by atoms with van der Waals surface area (Å²) in [6.07, 6.45) is 3.44. The van der Waals surface area contributed by atoms with Crippen LogP contribution in [0, 0.1) is 0 Å². The predicted octanol–water partition coefficient (Wildman–Crippen LogP) is 2.12. The first-order valence-electron chi connectivity index (χ1n) is 7.66. The Morgan fingerprint density at radius 3 is 1.96 bits per heavy atom. The van der Waals surface area contributed by atoms with Gasteiger partial charge in [-0.3, -0.25) is 0 Å². The molecule has 1 heterocycles. The molecule has 124 valence electrons. The van der Waals surface area contributed by atoms with Gasteiger partial charge < -0.3 is 0 Å². The van der Waals surface area contributed by atoms with Gasteiger partial charge in [0.15, 0.2) is 0 Å². The monoisotopic (exact) mass is 428 g/mol. The molecule has 0 aromatic heterocycles. The van der Waals surface area contributed by atoms with E-state index in [2.05, 4.69) is 0 Å². The first-order valence-corrected chi connectivity index (χ1v) is 12.8. The van der Waals surface area contributed by atoms with E-state index in [1.165, 1.54) is 7.11 Å². The topological polar surface area (TPSA) is 78.9 Å². The molecule has 0 amide bonds. The van der Waals surface area contributed by atoms with Crippen molar-refractivity contribution in [3.05, 3.63) is 30.3 Å². The van der Waals surface area contributed by atoms with Crippen molar-refractivity contribution >= 4 is 38.7 Å². The maximum atomic E-state index is 12.4. The van der Waals surface area contributed by atoms with Gasteiger partial charge in [-0.25, -0.2) is 0 Å². The SMILES string of the molecule is CO[C](=O)[Sn]1([c]2ccccc2)[O]C(=O)CCCCCCC(=O)[O]1. The molecular weight excluding hydrogens is 407 g/mol. The molecule has 0 radical (unpaired) electrons. The second kappa shape index (κ2) is 8.33. The normalized spacial score (nSPS) is 19.0. The van der Waals surface area contributed by atoms with E-state index in [0.29, 0.717) is 16.4 Å². The Morgan fingerprint density at radius 1 is 0.957 bits per heavy atom. The molecule has 0 atom stereocenters. The minimum atomic E-state index is -4.94. The fraction of sp³-hybridized carbons (Fsp3) is 0.438. The van der Waals surface area contributed by atoms with Crippen LogP contribution >= 0.6 is 0 Å². The number of hydrogen-bond donors (Lipinski definition) is 0. The number of rotatable bonds is 2. The predicted molar refractivity (Wildman–Crippen MR) is 84.1 cm³/mol. The van der Waals surface area contributed by atoms with Gasteiger partial charge in [0.25, 0.3) is 0 Å². The fourth-order valence-electron chi connectivity index (χ4n) is 2.45. The minimum absolute atomic E-state index is 0.208. The van der Waals surface area contributed by atoms with E-state index in [4.69, 9.17) is 10.9 Å². The Morgan fingerprint density at radius 2 is 1.48 bits per heavy atom. The van der Waals surface area contributed by atoms with Crippen LogP contribution in [0.15, 0.2) is 30.3 Å². The van der Waals surface area contributed by atoms with Crippen molar-refractivity contribution in [2.45, 2.75) is 38.5 Å². The first-order chi connectivity index (χ1) is 11.1. The summed E-state index contributed by atoms with van der Waals surface area (Å²) in [6, 6.07) is 8.49. The average molecular weight is 427 g/mol. The fourth-order valence-corrected chi connectivity index (χ4v) is 9.37. The van der Waals surface area contributed by atoms with Gasteiger partial charge >= 0.3 is 140 Å². The van der Waals surface area contributed by atoms with Gasteiger partial charge in [-0.1, -0.05) is 0 Å². The summed E-state index contributed by atoms with van der Waals surface area (Å²) in [4.78, 5) is 36.8. The summed E-state index contributed by atoms with van der Waals surface area (Å²) < 4.78 is 15.6. The van der Waals surface area contributed by atoms with Crippen LogP contribution in [0.3, 0.4) is 0 Å². The van der Waals surface area contributed by atoms with Crippen molar-refractivity contribution < 1.29 is 25.3 Å². The van der Waals surface area contributed by atoms with Crippen LogP contribution in [-0.2, 0) is 20.5 Å². The Kier molecular flexibility index (Phi) is 6.44. The summed E-state index contributed by atoms with van der Waals surface area (Å²) in [5.41, 5.74) is 0. The molecule has 1 aliphatic heterocycles. The molecular formula is C16H20O6Sn. The molecule has 1 fully saturated rings. The zero-order chi connectivity index (χ0) is 16.7. The van der Waals surface area contributed by atoms with E-state index in [0.717, 1.165) is 12.8 Å². The standard InChI is InChI=1S/C8H14O4.C6H5.C2H3O2.Sn/c9-7(10)5-3-1-2-4-6-8(11)12;1-2-4-6-5-3-1;1-4-2-3;/h1-6H2,(H,9,10)(H,11,12);1-5H;1H3;/q;;;+2/p-2. The van der Waals surface area contributed by atoms with E-state index in [9.17, 15) is 14.4 Å². The van der Waals surface area contributed by atoms with E-state index >= 15 is 0 Å². The van der Waals surface area contributed by atoms with E-state index < -0.39 is 35.1 Å². The van der Waals surface area contributed by atoms with Crippen molar-refractivity contribution in [3.8, 4) is 0 Å². The van der Waals surface area contributed by atoms with Crippen LogP contribution in [0.4, 0.5) is 4.79 Å². The molecule has 1 aromatic rings. The number of benzene rings is 1. The summed E-state index contributed by atoms with van der Waals surface area (Å²) in [6.45, 7) is 0. The number of ether oxygens (including phenoxy) is 1. The second-order valence-corrected chi connectivity index (χ2v) is 12.8. The molecule has 0 N–H and O–H groups in total. The van der Waals surface area contributed by atoms with Crippen LogP contribution in [0.5, 0.6) is 0 Å². The van der Waals surface area contributed by atoms with Crippen LogP contribution in [0.2, 0.25) is 0 Å². The van der Waals surface area contributed by atoms with E-state index in [1.54, 1.807) is 30.3 Å². The molecule has 0 unspecified atom stereocenters. The zero-order valence-corrected chi connectivity index (χ0v) is 15.9. The van der Waals surface area contributed by atoms with Gasteiger partial charge in [0.2, 0.25) is 0 Å². The molecule has 23 heavy (non-hydrogen) atoms.